The Labute approximate surface area is 117 Å². The summed E-state index contributed by atoms with van der Waals surface area (Å²) in [6.45, 7) is 2.84. The minimum atomic E-state index is -4.65. The largest absolute Gasteiger partial charge is 0.573 e. The molecular weight excluding hydrogens is 267 g/mol. The molecule has 1 fully saturated rings. The van der Waals surface area contributed by atoms with Gasteiger partial charge in [0.25, 0.3) is 0 Å². The minimum Gasteiger partial charge on any atom is -0.405 e. The summed E-state index contributed by atoms with van der Waals surface area (Å²) in [4.78, 5) is 0. The van der Waals surface area contributed by atoms with Crippen LogP contribution in [-0.2, 0) is 0 Å². The Morgan fingerprint density at radius 3 is 2.55 bits per heavy atom. The molecule has 112 valence electrons. The first-order valence-electron chi connectivity index (χ1n) is 7.09. The first-order chi connectivity index (χ1) is 9.51. The van der Waals surface area contributed by atoms with Crippen LogP contribution in [0.4, 0.5) is 13.2 Å². The van der Waals surface area contributed by atoms with Crippen molar-refractivity contribution >= 4 is 0 Å². The molecule has 0 amide bonds. The Balaban J connectivity index is 2.22. The van der Waals surface area contributed by atoms with Crippen LogP contribution in [0.3, 0.4) is 0 Å². The molecular formula is C15H20F3NO. The molecule has 0 aliphatic heterocycles. The van der Waals surface area contributed by atoms with Gasteiger partial charge in [0.05, 0.1) is 0 Å². The summed E-state index contributed by atoms with van der Waals surface area (Å²) in [6, 6.07) is 6.40. The summed E-state index contributed by atoms with van der Waals surface area (Å²) in [5.41, 5.74) is 0.614. The van der Waals surface area contributed by atoms with E-state index >= 15 is 0 Å². The molecule has 0 heterocycles. The zero-order chi connectivity index (χ0) is 14.6. The van der Waals surface area contributed by atoms with E-state index in [4.69, 9.17) is 0 Å². The van der Waals surface area contributed by atoms with E-state index in [0.717, 1.165) is 32.2 Å². The topological polar surface area (TPSA) is 21.3 Å². The number of nitrogens with one attached hydrogen (secondary N) is 1. The van der Waals surface area contributed by atoms with Gasteiger partial charge >= 0.3 is 6.36 Å². The molecule has 1 saturated carbocycles. The number of para-hydroxylation sites is 1. The number of rotatable bonds is 6. The molecule has 1 N–H and O–H groups in total. The van der Waals surface area contributed by atoms with Crippen LogP contribution in [0.25, 0.3) is 0 Å². The second-order valence-corrected chi connectivity index (χ2v) is 5.21. The maximum Gasteiger partial charge on any atom is 0.573 e. The molecule has 1 atom stereocenters. The molecule has 1 aliphatic rings. The van der Waals surface area contributed by atoms with E-state index in [1.54, 1.807) is 18.2 Å². The molecule has 1 aliphatic carbocycles. The Hall–Kier alpha value is -1.23. The smallest absolute Gasteiger partial charge is 0.405 e. The van der Waals surface area contributed by atoms with E-state index in [-0.39, 0.29) is 11.8 Å². The van der Waals surface area contributed by atoms with Crippen molar-refractivity contribution in [3.63, 3.8) is 0 Å². The first-order valence-corrected chi connectivity index (χ1v) is 7.09. The van der Waals surface area contributed by atoms with Crippen LogP contribution in [0.5, 0.6) is 5.75 Å². The van der Waals surface area contributed by atoms with Crippen LogP contribution in [0.15, 0.2) is 24.3 Å². The van der Waals surface area contributed by atoms with E-state index in [2.05, 4.69) is 10.1 Å². The van der Waals surface area contributed by atoms with Crippen molar-refractivity contribution in [2.45, 2.75) is 45.0 Å². The molecule has 0 radical (unpaired) electrons. The number of halogens is 3. The fourth-order valence-electron chi connectivity index (χ4n) is 2.56. The second kappa shape index (κ2) is 6.48. The lowest BCUT2D eigenvalue weighted by Gasteiger charge is -2.35. The van der Waals surface area contributed by atoms with Crippen LogP contribution < -0.4 is 10.1 Å². The van der Waals surface area contributed by atoms with Crippen molar-refractivity contribution in [2.75, 3.05) is 6.54 Å². The highest BCUT2D eigenvalue weighted by Gasteiger charge is 2.35. The van der Waals surface area contributed by atoms with Gasteiger partial charge in [0.15, 0.2) is 0 Å². The number of alkyl halides is 3. The van der Waals surface area contributed by atoms with E-state index in [1.165, 1.54) is 6.07 Å². The quantitative estimate of drug-likeness (QED) is 0.836. The van der Waals surface area contributed by atoms with E-state index in [1.807, 2.05) is 6.92 Å². The summed E-state index contributed by atoms with van der Waals surface area (Å²) >= 11 is 0. The maximum absolute atomic E-state index is 12.5. The molecule has 1 aromatic rings. The molecule has 0 aromatic heterocycles. The number of ether oxygens (including phenoxy) is 1. The molecule has 0 saturated heterocycles. The predicted molar refractivity (Wildman–Crippen MR) is 71.5 cm³/mol. The summed E-state index contributed by atoms with van der Waals surface area (Å²) in [5.74, 6) is 0.319. The van der Waals surface area contributed by atoms with Crippen molar-refractivity contribution < 1.29 is 17.9 Å². The molecule has 1 unspecified atom stereocenters. The first kappa shape index (κ1) is 15.2. The van der Waals surface area contributed by atoms with Crippen LogP contribution in [0.2, 0.25) is 0 Å². The predicted octanol–water partition coefficient (Wildman–Crippen LogP) is 4.43. The van der Waals surface area contributed by atoms with Crippen molar-refractivity contribution in [1.82, 2.24) is 5.32 Å². The van der Waals surface area contributed by atoms with Crippen molar-refractivity contribution in [2.24, 2.45) is 5.92 Å². The zero-order valence-electron chi connectivity index (χ0n) is 11.5. The van der Waals surface area contributed by atoms with Gasteiger partial charge in [-0.2, -0.15) is 0 Å². The standard InChI is InChI=1S/C15H20F3NO/c1-2-10-19-14(11-6-5-7-11)12-8-3-4-9-13(12)20-15(16,17)18/h3-4,8-9,11,14,19H,2,5-7,10H2,1H3. The Morgan fingerprint density at radius 1 is 1.30 bits per heavy atom. The lowest BCUT2D eigenvalue weighted by Crippen LogP contribution is -2.33. The zero-order valence-corrected chi connectivity index (χ0v) is 11.5. The lowest BCUT2D eigenvalue weighted by atomic mass is 9.77. The lowest BCUT2D eigenvalue weighted by molar-refractivity contribution is -0.275. The molecule has 20 heavy (non-hydrogen) atoms. The van der Waals surface area contributed by atoms with Crippen molar-refractivity contribution in [1.29, 1.82) is 0 Å². The highest BCUT2D eigenvalue weighted by molar-refractivity contribution is 5.36. The van der Waals surface area contributed by atoms with Crippen LogP contribution in [-0.4, -0.2) is 12.9 Å². The second-order valence-electron chi connectivity index (χ2n) is 5.21. The molecule has 5 heteroatoms. The number of hydrogen-bond acceptors (Lipinski definition) is 2. The molecule has 1 aromatic carbocycles. The fraction of sp³-hybridized carbons (Fsp3) is 0.600. The van der Waals surface area contributed by atoms with Gasteiger partial charge in [0.2, 0.25) is 0 Å². The van der Waals surface area contributed by atoms with Gasteiger partial charge in [-0.05, 0) is 37.8 Å². The number of hydrogen-bond donors (Lipinski definition) is 1. The fourth-order valence-corrected chi connectivity index (χ4v) is 2.56. The Morgan fingerprint density at radius 2 is 2.00 bits per heavy atom. The van der Waals surface area contributed by atoms with Gasteiger partial charge < -0.3 is 10.1 Å². The van der Waals surface area contributed by atoms with Crippen molar-refractivity contribution in [3.05, 3.63) is 29.8 Å². The van der Waals surface area contributed by atoms with Gasteiger partial charge in [-0.15, -0.1) is 13.2 Å². The highest BCUT2D eigenvalue weighted by Crippen LogP contribution is 2.41. The monoisotopic (exact) mass is 287 g/mol. The minimum absolute atomic E-state index is 0.0535. The molecule has 2 nitrogen and oxygen atoms in total. The summed E-state index contributed by atoms with van der Waals surface area (Å²) in [5, 5.41) is 3.37. The summed E-state index contributed by atoms with van der Waals surface area (Å²) < 4.78 is 41.6. The molecule has 2 rings (SSSR count). The van der Waals surface area contributed by atoms with Crippen LogP contribution in [0, 0.1) is 5.92 Å². The molecule has 0 bridgehead atoms. The Kier molecular flexibility index (Phi) is 4.91. The SMILES string of the molecule is CCCNC(c1ccccc1OC(F)(F)F)C1CCC1. The van der Waals surface area contributed by atoms with Gasteiger partial charge in [0, 0.05) is 11.6 Å². The average Bonchev–Trinajstić information content (AvgIpc) is 2.31. The average molecular weight is 287 g/mol. The van der Waals surface area contributed by atoms with Gasteiger partial charge in [-0.3, -0.25) is 0 Å². The normalized spacial score (nSPS) is 17.6. The Bertz CT molecular complexity index is 429. The highest BCUT2D eigenvalue weighted by atomic mass is 19.4. The summed E-state index contributed by atoms with van der Waals surface area (Å²) in [7, 11) is 0. The maximum atomic E-state index is 12.5. The van der Waals surface area contributed by atoms with Crippen LogP contribution >= 0.6 is 0 Å². The number of benzene rings is 1. The van der Waals surface area contributed by atoms with Gasteiger partial charge in [-0.1, -0.05) is 31.5 Å². The van der Waals surface area contributed by atoms with Crippen LogP contribution in [0.1, 0.15) is 44.2 Å². The third-order valence-electron chi connectivity index (χ3n) is 3.72. The van der Waals surface area contributed by atoms with Gasteiger partial charge in [-0.25, -0.2) is 0 Å². The third kappa shape index (κ3) is 3.88. The molecule has 0 spiro atoms. The summed E-state index contributed by atoms with van der Waals surface area (Å²) in [6.07, 6.45) is -0.433. The van der Waals surface area contributed by atoms with E-state index < -0.39 is 6.36 Å². The third-order valence-corrected chi connectivity index (χ3v) is 3.72. The van der Waals surface area contributed by atoms with Gasteiger partial charge in [0.1, 0.15) is 5.75 Å². The van der Waals surface area contributed by atoms with E-state index in [9.17, 15) is 13.2 Å². The van der Waals surface area contributed by atoms with E-state index in [0.29, 0.717) is 11.5 Å². The van der Waals surface area contributed by atoms with Crippen molar-refractivity contribution in [3.8, 4) is 5.75 Å².